The number of ether oxygens (including phenoxy) is 2. The first-order chi connectivity index (χ1) is 21.4. The van der Waals surface area contributed by atoms with Crippen LogP contribution in [0.4, 0.5) is 11.4 Å². The Morgan fingerprint density at radius 3 is 1.86 bits per heavy atom. The van der Waals surface area contributed by atoms with Gasteiger partial charge in [0.1, 0.15) is 28.5 Å². The lowest BCUT2D eigenvalue weighted by atomic mass is 9.77. The molecule has 5 aromatic carbocycles. The first kappa shape index (κ1) is 27.8. The van der Waals surface area contributed by atoms with Gasteiger partial charge in [-0.15, -0.1) is 0 Å². The second-order valence-corrected chi connectivity index (χ2v) is 10.3. The van der Waals surface area contributed by atoms with Crippen LogP contribution in [-0.2, 0) is 5.54 Å². The molecule has 1 unspecified atom stereocenters. The number of nitrogens with zero attached hydrogens (tertiary/aromatic N) is 4. The average Bonchev–Trinajstić information content (AvgIpc) is 3.29. The summed E-state index contributed by atoms with van der Waals surface area (Å²) in [6.07, 6.45) is 0. The van der Waals surface area contributed by atoms with E-state index >= 15 is 0 Å². The number of aryl methyl sites for hydroxylation is 1. The van der Waals surface area contributed by atoms with Crippen LogP contribution in [0.1, 0.15) is 38.2 Å². The number of benzene rings is 5. The molecule has 0 spiro atoms. The summed E-state index contributed by atoms with van der Waals surface area (Å²) in [6.45, 7) is 16.5. The molecule has 0 radical (unpaired) electrons. The number of carbonyl (C=O) groups excluding carboxylic acids is 1. The zero-order valence-corrected chi connectivity index (χ0v) is 23.9. The van der Waals surface area contributed by atoms with Gasteiger partial charge in [-0.25, -0.2) is 4.85 Å². The molecule has 6 rings (SSSR count). The maximum atomic E-state index is 13.6. The summed E-state index contributed by atoms with van der Waals surface area (Å²) in [7, 11) is 1.80. The number of hydrogen-bond donors (Lipinski definition) is 0. The molecular weight excluding hydrogens is 548 g/mol. The lowest BCUT2D eigenvalue weighted by Gasteiger charge is -2.38. The highest BCUT2D eigenvalue weighted by Crippen LogP contribution is 2.49. The molecule has 0 aromatic heterocycles. The average molecular weight is 573 g/mol. The predicted molar refractivity (Wildman–Crippen MR) is 166 cm³/mol. The summed E-state index contributed by atoms with van der Waals surface area (Å²) in [5.74, 6) is 2.08. The summed E-state index contributed by atoms with van der Waals surface area (Å²) in [4.78, 5) is 22.1. The van der Waals surface area contributed by atoms with Crippen LogP contribution in [0, 0.1) is 31.4 Å². The molecule has 0 saturated carbocycles. The SMILES string of the molecule is [C-]#[N+]c1ccc(Oc2ccc(C3(c4ccc(Oc5ccc(C)c(C#N)c5)cc4)c4ccccc4C(=O)N3C)cc2)cc1[N+]#[C-]. The van der Waals surface area contributed by atoms with Crippen LogP contribution in [0.5, 0.6) is 23.0 Å². The van der Waals surface area contributed by atoms with Gasteiger partial charge in [-0.05, 0) is 83.8 Å². The van der Waals surface area contributed by atoms with E-state index in [4.69, 9.17) is 22.6 Å². The summed E-state index contributed by atoms with van der Waals surface area (Å²) >= 11 is 0. The maximum Gasteiger partial charge on any atom is 0.255 e. The third-order valence-electron chi connectivity index (χ3n) is 7.89. The van der Waals surface area contributed by atoms with Crippen molar-refractivity contribution in [2.45, 2.75) is 12.5 Å². The Bertz CT molecular complexity index is 2050. The molecule has 44 heavy (non-hydrogen) atoms. The Hall–Kier alpha value is -6.36. The van der Waals surface area contributed by atoms with E-state index in [1.54, 1.807) is 36.2 Å². The third kappa shape index (κ3) is 4.58. The summed E-state index contributed by atoms with van der Waals surface area (Å²) in [5.41, 5.74) is 4.26. The van der Waals surface area contributed by atoms with Crippen molar-refractivity contribution in [3.8, 4) is 29.1 Å². The van der Waals surface area contributed by atoms with Crippen LogP contribution < -0.4 is 9.47 Å². The van der Waals surface area contributed by atoms with Crippen LogP contribution in [0.2, 0.25) is 0 Å². The van der Waals surface area contributed by atoms with Gasteiger partial charge in [0.05, 0.1) is 24.8 Å². The molecule has 0 fully saturated rings. The number of amides is 1. The van der Waals surface area contributed by atoms with E-state index in [0.29, 0.717) is 34.1 Å². The quantitative estimate of drug-likeness (QED) is 0.191. The van der Waals surface area contributed by atoms with E-state index in [9.17, 15) is 10.1 Å². The van der Waals surface area contributed by atoms with Gasteiger partial charge >= 0.3 is 0 Å². The monoisotopic (exact) mass is 572 g/mol. The second kappa shape index (κ2) is 11.1. The smallest absolute Gasteiger partial charge is 0.255 e. The molecule has 5 aromatic rings. The number of fused-ring (bicyclic) bond motifs is 1. The zero-order chi connectivity index (χ0) is 30.8. The van der Waals surface area contributed by atoms with Gasteiger partial charge < -0.3 is 14.4 Å². The summed E-state index contributed by atoms with van der Waals surface area (Å²) in [6, 6.07) is 35.2. The van der Waals surface area contributed by atoms with Gasteiger partial charge in [0.2, 0.25) is 0 Å². The minimum absolute atomic E-state index is 0.0866. The van der Waals surface area contributed by atoms with Gasteiger partial charge in [0.15, 0.2) is 11.4 Å². The Balaban J connectivity index is 1.38. The fourth-order valence-corrected chi connectivity index (χ4v) is 5.70. The zero-order valence-electron chi connectivity index (χ0n) is 23.9. The van der Waals surface area contributed by atoms with Gasteiger partial charge in [0.25, 0.3) is 5.91 Å². The highest BCUT2D eigenvalue weighted by Gasteiger charge is 2.50. The van der Waals surface area contributed by atoms with E-state index in [1.165, 1.54) is 0 Å². The van der Waals surface area contributed by atoms with Gasteiger partial charge in [-0.1, -0.05) is 54.6 Å². The van der Waals surface area contributed by atoms with E-state index in [2.05, 4.69) is 15.8 Å². The molecule has 1 aliphatic heterocycles. The Morgan fingerprint density at radius 1 is 0.727 bits per heavy atom. The van der Waals surface area contributed by atoms with Crippen LogP contribution in [0.25, 0.3) is 9.69 Å². The highest BCUT2D eigenvalue weighted by molar-refractivity contribution is 6.01. The van der Waals surface area contributed by atoms with Crippen LogP contribution >= 0.6 is 0 Å². The molecule has 0 saturated heterocycles. The molecule has 1 aliphatic rings. The van der Waals surface area contributed by atoms with Crippen molar-refractivity contribution >= 4 is 17.3 Å². The number of rotatable bonds is 6. The van der Waals surface area contributed by atoms with Crippen molar-refractivity contribution in [1.29, 1.82) is 5.26 Å². The van der Waals surface area contributed by atoms with Crippen molar-refractivity contribution in [3.05, 3.63) is 165 Å². The van der Waals surface area contributed by atoms with E-state index in [-0.39, 0.29) is 17.3 Å². The molecule has 7 nitrogen and oxygen atoms in total. The van der Waals surface area contributed by atoms with Crippen molar-refractivity contribution in [2.75, 3.05) is 7.05 Å². The minimum atomic E-state index is -0.920. The Kier molecular flexibility index (Phi) is 7.04. The van der Waals surface area contributed by atoms with E-state index < -0.39 is 5.54 Å². The normalized spacial score (nSPS) is 15.1. The fraction of sp³-hybridized carbons (Fsp3) is 0.0811. The fourth-order valence-electron chi connectivity index (χ4n) is 5.70. The van der Waals surface area contributed by atoms with Crippen LogP contribution in [0.15, 0.2) is 109 Å². The van der Waals surface area contributed by atoms with Crippen molar-refractivity contribution in [3.63, 3.8) is 0 Å². The lowest BCUT2D eigenvalue weighted by molar-refractivity contribution is 0.0736. The van der Waals surface area contributed by atoms with Gasteiger partial charge in [-0.3, -0.25) is 9.64 Å². The Morgan fingerprint density at radius 2 is 1.27 bits per heavy atom. The van der Waals surface area contributed by atoms with E-state index in [1.807, 2.05) is 91.9 Å². The molecule has 1 amide bonds. The molecule has 0 N–H and O–H groups in total. The van der Waals surface area contributed by atoms with Crippen molar-refractivity contribution in [1.82, 2.24) is 4.90 Å². The molecule has 210 valence electrons. The lowest BCUT2D eigenvalue weighted by Crippen LogP contribution is -2.43. The number of carbonyl (C=O) groups is 1. The van der Waals surface area contributed by atoms with Gasteiger partial charge in [0, 0.05) is 12.6 Å². The molecule has 0 bridgehead atoms. The molecule has 0 aliphatic carbocycles. The van der Waals surface area contributed by atoms with Crippen LogP contribution in [-0.4, -0.2) is 17.9 Å². The largest absolute Gasteiger partial charge is 0.459 e. The van der Waals surface area contributed by atoms with Crippen molar-refractivity contribution in [2.24, 2.45) is 0 Å². The van der Waals surface area contributed by atoms with Gasteiger partial charge in [-0.2, -0.15) is 5.26 Å². The summed E-state index contributed by atoms with van der Waals surface area (Å²) < 4.78 is 12.1. The second-order valence-electron chi connectivity index (χ2n) is 10.3. The third-order valence-corrected chi connectivity index (χ3v) is 7.89. The predicted octanol–water partition coefficient (Wildman–Crippen LogP) is 8.93. The molecule has 1 atom stereocenters. The number of hydrogen-bond acceptors (Lipinski definition) is 4. The first-order valence-electron chi connectivity index (χ1n) is 13.7. The standard InChI is InChI=1S/C37H24N4O3/c1-24-9-14-30(21-25(24)23-38)43-28-15-10-26(11-16-28)37(33-8-6-5-7-32(33)36(42)41(37)4)27-12-17-29(18-13-27)44-31-19-20-34(39-2)35(22-31)40-3/h5-22H,1,4H3. The molecule has 7 heteroatoms. The number of nitriles is 1. The van der Waals surface area contributed by atoms with Crippen LogP contribution in [0.3, 0.4) is 0 Å². The minimum Gasteiger partial charge on any atom is -0.459 e. The first-order valence-corrected chi connectivity index (χ1v) is 13.7. The molecule has 1 heterocycles. The van der Waals surface area contributed by atoms with Crippen molar-refractivity contribution < 1.29 is 14.3 Å². The molecular formula is C37H24N4O3. The Labute approximate surface area is 255 Å². The highest BCUT2D eigenvalue weighted by atomic mass is 16.5. The topological polar surface area (TPSA) is 71.3 Å². The summed E-state index contributed by atoms with van der Waals surface area (Å²) in [5, 5.41) is 9.40. The maximum absolute atomic E-state index is 13.6. The van der Waals surface area contributed by atoms with E-state index in [0.717, 1.165) is 22.3 Å².